The zero-order valence-corrected chi connectivity index (χ0v) is 13.3. The van der Waals surface area contributed by atoms with Gasteiger partial charge in [0.05, 0.1) is 15.7 Å². The largest absolute Gasteiger partial charge is 0.304 e. The third-order valence-corrected chi connectivity index (χ3v) is 3.98. The van der Waals surface area contributed by atoms with E-state index in [1.54, 1.807) is 12.1 Å². The SMILES string of the molecule is CN(C)Cc1csc(NC(=O)c2ccc(Cl)c(Cl)c2)n1. The van der Waals surface area contributed by atoms with Gasteiger partial charge in [-0.15, -0.1) is 11.3 Å². The predicted octanol–water partition coefficient (Wildman–Crippen LogP) is 3.76. The summed E-state index contributed by atoms with van der Waals surface area (Å²) in [5.41, 5.74) is 1.37. The molecular formula is C13H13Cl2N3OS. The van der Waals surface area contributed by atoms with Crippen LogP contribution >= 0.6 is 34.5 Å². The van der Waals surface area contributed by atoms with Gasteiger partial charge in [-0.1, -0.05) is 23.2 Å². The summed E-state index contributed by atoms with van der Waals surface area (Å²) in [6.07, 6.45) is 0. The first-order chi connectivity index (χ1) is 9.45. The topological polar surface area (TPSA) is 45.2 Å². The Morgan fingerprint density at radius 1 is 1.35 bits per heavy atom. The minimum absolute atomic E-state index is 0.255. The van der Waals surface area contributed by atoms with E-state index >= 15 is 0 Å². The molecule has 0 atom stereocenters. The molecular weight excluding hydrogens is 317 g/mol. The number of nitrogens with one attached hydrogen (secondary N) is 1. The second-order valence-corrected chi connectivity index (χ2v) is 6.14. The summed E-state index contributed by atoms with van der Waals surface area (Å²) in [5.74, 6) is -0.255. The van der Waals surface area contributed by atoms with Crippen LogP contribution < -0.4 is 5.32 Å². The molecule has 20 heavy (non-hydrogen) atoms. The highest BCUT2D eigenvalue weighted by atomic mass is 35.5. The zero-order valence-electron chi connectivity index (χ0n) is 11.0. The highest BCUT2D eigenvalue weighted by molar-refractivity contribution is 7.14. The predicted molar refractivity (Wildman–Crippen MR) is 83.9 cm³/mol. The molecule has 2 aromatic rings. The van der Waals surface area contributed by atoms with E-state index in [9.17, 15) is 4.79 Å². The van der Waals surface area contributed by atoms with Crippen molar-refractivity contribution in [3.8, 4) is 0 Å². The molecule has 0 saturated carbocycles. The van der Waals surface area contributed by atoms with Crippen molar-refractivity contribution in [2.45, 2.75) is 6.54 Å². The minimum Gasteiger partial charge on any atom is -0.304 e. The van der Waals surface area contributed by atoms with Crippen LogP contribution in [0.5, 0.6) is 0 Å². The Morgan fingerprint density at radius 3 is 2.75 bits per heavy atom. The van der Waals surface area contributed by atoms with Crippen molar-refractivity contribution in [2.75, 3.05) is 19.4 Å². The van der Waals surface area contributed by atoms with Crippen LogP contribution in [0.4, 0.5) is 5.13 Å². The van der Waals surface area contributed by atoms with Crippen LogP contribution in [0.3, 0.4) is 0 Å². The molecule has 4 nitrogen and oxygen atoms in total. The van der Waals surface area contributed by atoms with Crippen molar-refractivity contribution >= 4 is 45.6 Å². The average Bonchev–Trinajstić information content (AvgIpc) is 2.79. The van der Waals surface area contributed by atoms with Crippen LogP contribution in [0.15, 0.2) is 23.6 Å². The maximum absolute atomic E-state index is 12.1. The van der Waals surface area contributed by atoms with Crippen molar-refractivity contribution in [3.05, 3.63) is 44.9 Å². The molecule has 1 aromatic heterocycles. The molecule has 1 amide bonds. The summed E-state index contributed by atoms with van der Waals surface area (Å²) < 4.78 is 0. The summed E-state index contributed by atoms with van der Waals surface area (Å²) >= 11 is 13.1. The van der Waals surface area contributed by atoms with Crippen molar-refractivity contribution in [1.82, 2.24) is 9.88 Å². The van der Waals surface area contributed by atoms with Gasteiger partial charge in [0.1, 0.15) is 0 Å². The van der Waals surface area contributed by atoms with Gasteiger partial charge in [-0.05, 0) is 32.3 Å². The Bertz CT molecular complexity index is 628. The van der Waals surface area contributed by atoms with Gasteiger partial charge in [-0.25, -0.2) is 4.98 Å². The highest BCUT2D eigenvalue weighted by Gasteiger charge is 2.11. The molecule has 0 aliphatic rings. The molecule has 0 spiro atoms. The molecule has 106 valence electrons. The number of amides is 1. The van der Waals surface area contributed by atoms with E-state index in [1.165, 1.54) is 17.4 Å². The van der Waals surface area contributed by atoms with Crippen LogP contribution in [-0.4, -0.2) is 29.9 Å². The fourth-order valence-electron chi connectivity index (χ4n) is 1.57. The molecule has 7 heteroatoms. The zero-order chi connectivity index (χ0) is 14.7. The quantitative estimate of drug-likeness (QED) is 0.928. The van der Waals surface area contributed by atoms with E-state index in [2.05, 4.69) is 10.3 Å². The second-order valence-electron chi connectivity index (χ2n) is 4.46. The van der Waals surface area contributed by atoms with Crippen LogP contribution in [-0.2, 0) is 6.54 Å². The van der Waals surface area contributed by atoms with Crippen LogP contribution in [0, 0.1) is 0 Å². The monoisotopic (exact) mass is 329 g/mol. The van der Waals surface area contributed by atoms with Gasteiger partial charge < -0.3 is 4.90 Å². The number of carbonyl (C=O) groups excluding carboxylic acids is 1. The molecule has 1 heterocycles. The third-order valence-electron chi connectivity index (χ3n) is 2.43. The number of anilines is 1. The summed E-state index contributed by atoms with van der Waals surface area (Å²) in [7, 11) is 3.93. The van der Waals surface area contributed by atoms with Crippen molar-refractivity contribution < 1.29 is 4.79 Å². The maximum atomic E-state index is 12.1. The van der Waals surface area contributed by atoms with E-state index in [0.29, 0.717) is 20.7 Å². The Balaban J connectivity index is 2.07. The molecule has 2 rings (SSSR count). The van der Waals surface area contributed by atoms with Gasteiger partial charge in [0.25, 0.3) is 5.91 Å². The van der Waals surface area contributed by atoms with E-state index in [4.69, 9.17) is 23.2 Å². The van der Waals surface area contributed by atoms with Crippen LogP contribution in [0.25, 0.3) is 0 Å². The fraction of sp³-hybridized carbons (Fsp3) is 0.231. The summed E-state index contributed by atoms with van der Waals surface area (Å²) in [6, 6.07) is 4.75. The van der Waals surface area contributed by atoms with E-state index < -0.39 is 0 Å². The normalized spacial score (nSPS) is 10.8. The molecule has 0 saturated heterocycles. The maximum Gasteiger partial charge on any atom is 0.257 e. The Kier molecular flexibility index (Phi) is 4.99. The number of rotatable bonds is 4. The van der Waals surface area contributed by atoms with Gasteiger partial charge in [0.2, 0.25) is 0 Å². The molecule has 0 aliphatic carbocycles. The fourth-order valence-corrected chi connectivity index (χ4v) is 2.56. The van der Waals surface area contributed by atoms with Crippen molar-refractivity contribution in [1.29, 1.82) is 0 Å². The lowest BCUT2D eigenvalue weighted by atomic mass is 10.2. The smallest absolute Gasteiger partial charge is 0.257 e. The molecule has 0 fully saturated rings. The Morgan fingerprint density at radius 2 is 2.10 bits per heavy atom. The first kappa shape index (κ1) is 15.3. The number of nitrogens with zero attached hydrogens (tertiary/aromatic N) is 2. The third kappa shape index (κ3) is 3.93. The molecule has 0 radical (unpaired) electrons. The Hall–Kier alpha value is -1.14. The Labute approximate surface area is 131 Å². The molecule has 0 aliphatic heterocycles. The molecule has 1 aromatic carbocycles. The summed E-state index contributed by atoms with van der Waals surface area (Å²) in [6.45, 7) is 0.735. The molecule has 0 bridgehead atoms. The lowest BCUT2D eigenvalue weighted by Crippen LogP contribution is -2.13. The van der Waals surface area contributed by atoms with Crippen molar-refractivity contribution in [3.63, 3.8) is 0 Å². The number of carbonyl (C=O) groups is 1. The highest BCUT2D eigenvalue weighted by Crippen LogP contribution is 2.23. The number of thiazole rings is 1. The number of aromatic nitrogens is 1. The summed E-state index contributed by atoms with van der Waals surface area (Å²) in [5, 5.41) is 6.01. The first-order valence-corrected chi connectivity index (χ1v) is 7.45. The second kappa shape index (κ2) is 6.54. The number of halogens is 2. The van der Waals surface area contributed by atoms with Gasteiger partial charge >= 0.3 is 0 Å². The number of hydrogen-bond acceptors (Lipinski definition) is 4. The summed E-state index contributed by atoms with van der Waals surface area (Å²) in [4.78, 5) is 18.4. The number of hydrogen-bond donors (Lipinski definition) is 1. The van der Waals surface area contributed by atoms with Gasteiger partial charge in [-0.3, -0.25) is 10.1 Å². The van der Waals surface area contributed by atoms with Gasteiger partial charge in [0, 0.05) is 17.5 Å². The van der Waals surface area contributed by atoms with E-state index in [-0.39, 0.29) is 5.91 Å². The lowest BCUT2D eigenvalue weighted by molar-refractivity contribution is 0.102. The number of benzene rings is 1. The first-order valence-electron chi connectivity index (χ1n) is 5.81. The van der Waals surface area contributed by atoms with Crippen LogP contribution in [0.1, 0.15) is 16.1 Å². The van der Waals surface area contributed by atoms with Gasteiger partial charge in [0.15, 0.2) is 5.13 Å². The van der Waals surface area contributed by atoms with E-state index in [0.717, 1.165) is 12.2 Å². The van der Waals surface area contributed by atoms with E-state index in [1.807, 2.05) is 24.4 Å². The molecule has 0 unspecified atom stereocenters. The van der Waals surface area contributed by atoms with Gasteiger partial charge in [-0.2, -0.15) is 0 Å². The van der Waals surface area contributed by atoms with Crippen molar-refractivity contribution in [2.24, 2.45) is 0 Å². The standard InChI is InChI=1S/C13H13Cl2N3OS/c1-18(2)6-9-7-20-13(16-9)17-12(19)8-3-4-10(14)11(15)5-8/h3-5,7H,6H2,1-2H3,(H,16,17,19). The minimum atomic E-state index is -0.255. The van der Waals surface area contributed by atoms with Crippen LogP contribution in [0.2, 0.25) is 10.0 Å². The molecule has 1 N–H and O–H groups in total. The average molecular weight is 330 g/mol. The lowest BCUT2D eigenvalue weighted by Gasteiger charge is -2.05.